The second-order valence-corrected chi connectivity index (χ2v) is 5.85. The van der Waals surface area contributed by atoms with Crippen LogP contribution in [0.3, 0.4) is 0 Å². The molecule has 0 saturated heterocycles. The van der Waals surface area contributed by atoms with Crippen LogP contribution in [0.1, 0.15) is 20.7 Å². The SMILES string of the molecule is CNc1cc(-c2ccc(F)c(F)c2)nn1-c1scc(C(=O)O)c1C=O. The van der Waals surface area contributed by atoms with Crippen molar-refractivity contribution in [1.82, 2.24) is 9.78 Å². The van der Waals surface area contributed by atoms with Crippen LogP contribution in [-0.4, -0.2) is 34.2 Å². The quantitative estimate of drug-likeness (QED) is 0.679. The minimum atomic E-state index is -1.22. The van der Waals surface area contributed by atoms with Gasteiger partial charge in [0.25, 0.3) is 0 Å². The van der Waals surface area contributed by atoms with E-state index in [0.717, 1.165) is 23.5 Å². The summed E-state index contributed by atoms with van der Waals surface area (Å²) in [5.74, 6) is -2.73. The van der Waals surface area contributed by atoms with Crippen molar-refractivity contribution in [2.75, 3.05) is 12.4 Å². The first-order chi connectivity index (χ1) is 12.0. The Morgan fingerprint density at radius 1 is 1.32 bits per heavy atom. The summed E-state index contributed by atoms with van der Waals surface area (Å²) in [6.07, 6.45) is 0.452. The van der Waals surface area contributed by atoms with E-state index >= 15 is 0 Å². The number of carbonyl (C=O) groups excluding carboxylic acids is 1. The van der Waals surface area contributed by atoms with E-state index in [-0.39, 0.29) is 11.1 Å². The standard InChI is InChI=1S/C16H11F2N3O3S/c1-19-14-5-13(8-2-3-11(17)12(18)4-8)20-21(14)15-9(6-22)10(7-25-15)16(23)24/h2-7,19H,1H3,(H,23,24). The number of nitrogens with one attached hydrogen (secondary N) is 1. The topological polar surface area (TPSA) is 84.2 Å². The van der Waals surface area contributed by atoms with Gasteiger partial charge in [-0.05, 0) is 18.2 Å². The second-order valence-electron chi connectivity index (χ2n) is 5.00. The number of thiophene rings is 1. The zero-order chi connectivity index (χ0) is 18.1. The first kappa shape index (κ1) is 16.8. The molecule has 0 radical (unpaired) electrons. The van der Waals surface area contributed by atoms with Gasteiger partial charge in [0, 0.05) is 24.1 Å². The van der Waals surface area contributed by atoms with Gasteiger partial charge in [0.15, 0.2) is 17.9 Å². The molecule has 2 N–H and O–H groups in total. The molecule has 0 amide bonds. The highest BCUT2D eigenvalue weighted by Crippen LogP contribution is 2.31. The van der Waals surface area contributed by atoms with E-state index in [9.17, 15) is 18.4 Å². The van der Waals surface area contributed by atoms with E-state index in [1.807, 2.05) is 0 Å². The molecule has 128 valence electrons. The molecule has 0 fully saturated rings. The summed E-state index contributed by atoms with van der Waals surface area (Å²) >= 11 is 1.04. The number of aromatic nitrogens is 2. The number of carbonyl (C=O) groups is 2. The predicted molar refractivity (Wildman–Crippen MR) is 88.7 cm³/mol. The number of halogens is 2. The maximum atomic E-state index is 13.5. The van der Waals surface area contributed by atoms with Crippen molar-refractivity contribution in [3.8, 4) is 16.3 Å². The molecule has 0 aliphatic heterocycles. The van der Waals surface area contributed by atoms with Gasteiger partial charge in [-0.1, -0.05) is 0 Å². The molecule has 25 heavy (non-hydrogen) atoms. The molecule has 0 unspecified atom stereocenters. The molecule has 0 aliphatic rings. The first-order valence-corrected chi connectivity index (χ1v) is 7.87. The van der Waals surface area contributed by atoms with Crippen molar-refractivity contribution in [3.05, 3.63) is 52.4 Å². The number of carboxylic acids is 1. The Bertz CT molecular complexity index is 981. The summed E-state index contributed by atoms with van der Waals surface area (Å²) < 4.78 is 27.9. The molecule has 3 rings (SSSR count). The lowest BCUT2D eigenvalue weighted by Gasteiger charge is -2.05. The summed E-state index contributed by atoms with van der Waals surface area (Å²) in [6.45, 7) is 0. The zero-order valence-electron chi connectivity index (χ0n) is 12.8. The fraction of sp³-hybridized carbons (Fsp3) is 0.0625. The van der Waals surface area contributed by atoms with Gasteiger partial charge in [0.2, 0.25) is 0 Å². The Labute approximate surface area is 144 Å². The number of rotatable bonds is 5. The van der Waals surface area contributed by atoms with E-state index in [0.29, 0.717) is 28.4 Å². The monoisotopic (exact) mass is 363 g/mol. The van der Waals surface area contributed by atoms with Crippen molar-refractivity contribution in [1.29, 1.82) is 0 Å². The second kappa shape index (κ2) is 6.44. The molecule has 0 spiro atoms. The Hall–Kier alpha value is -3.07. The van der Waals surface area contributed by atoms with E-state index in [4.69, 9.17) is 5.11 Å². The average molecular weight is 363 g/mol. The Kier molecular flexibility index (Phi) is 4.32. The van der Waals surface area contributed by atoms with Crippen molar-refractivity contribution < 1.29 is 23.5 Å². The molecule has 2 aromatic heterocycles. The van der Waals surface area contributed by atoms with E-state index < -0.39 is 17.6 Å². The van der Waals surface area contributed by atoms with Crippen LogP contribution < -0.4 is 5.32 Å². The van der Waals surface area contributed by atoms with Gasteiger partial charge in [-0.3, -0.25) is 4.79 Å². The highest BCUT2D eigenvalue weighted by molar-refractivity contribution is 7.13. The molecule has 0 saturated carbocycles. The molecule has 0 aliphatic carbocycles. The van der Waals surface area contributed by atoms with E-state index in [1.54, 1.807) is 13.1 Å². The summed E-state index contributed by atoms with van der Waals surface area (Å²) in [7, 11) is 1.62. The summed E-state index contributed by atoms with van der Waals surface area (Å²) in [5, 5.41) is 18.0. The normalized spacial score (nSPS) is 10.7. The van der Waals surface area contributed by atoms with Crippen LogP contribution in [0.25, 0.3) is 16.3 Å². The lowest BCUT2D eigenvalue weighted by Crippen LogP contribution is -2.05. The van der Waals surface area contributed by atoms with Crippen LogP contribution in [0.2, 0.25) is 0 Å². The van der Waals surface area contributed by atoms with Crippen molar-refractivity contribution in [2.45, 2.75) is 0 Å². The number of anilines is 1. The molecular formula is C16H11F2N3O3S. The number of carboxylic acid groups (broad SMARTS) is 1. The Morgan fingerprint density at radius 2 is 2.08 bits per heavy atom. The number of hydrogen-bond donors (Lipinski definition) is 2. The van der Waals surface area contributed by atoms with Gasteiger partial charge in [0.05, 0.1) is 16.8 Å². The molecule has 0 bridgehead atoms. The number of aromatic carboxylic acids is 1. The summed E-state index contributed by atoms with van der Waals surface area (Å²) in [5.41, 5.74) is 0.554. The number of nitrogens with zero attached hydrogens (tertiary/aromatic N) is 2. The first-order valence-electron chi connectivity index (χ1n) is 6.99. The number of hydrogen-bond acceptors (Lipinski definition) is 5. The zero-order valence-corrected chi connectivity index (χ0v) is 13.6. The number of aldehydes is 1. The average Bonchev–Trinajstić information content (AvgIpc) is 3.20. The van der Waals surface area contributed by atoms with E-state index in [2.05, 4.69) is 10.4 Å². The van der Waals surface area contributed by atoms with Crippen LogP contribution in [0.15, 0.2) is 29.6 Å². The molecule has 2 heterocycles. The Morgan fingerprint density at radius 3 is 2.68 bits per heavy atom. The van der Waals surface area contributed by atoms with Gasteiger partial charge < -0.3 is 10.4 Å². The molecule has 6 nitrogen and oxygen atoms in total. The van der Waals surface area contributed by atoms with Crippen LogP contribution in [0.5, 0.6) is 0 Å². The maximum Gasteiger partial charge on any atom is 0.337 e. The highest BCUT2D eigenvalue weighted by atomic mass is 32.1. The lowest BCUT2D eigenvalue weighted by atomic mass is 10.1. The lowest BCUT2D eigenvalue weighted by molar-refractivity contribution is 0.0694. The van der Waals surface area contributed by atoms with Crippen molar-refractivity contribution in [2.24, 2.45) is 0 Å². The highest BCUT2D eigenvalue weighted by Gasteiger charge is 2.21. The molecule has 9 heteroatoms. The van der Waals surface area contributed by atoms with E-state index in [1.165, 1.54) is 16.1 Å². The van der Waals surface area contributed by atoms with Crippen LogP contribution in [-0.2, 0) is 0 Å². The molecule has 0 atom stereocenters. The fourth-order valence-corrected chi connectivity index (χ4v) is 3.29. The minimum absolute atomic E-state index is 0.00561. The fourth-order valence-electron chi connectivity index (χ4n) is 2.31. The third kappa shape index (κ3) is 2.89. The van der Waals surface area contributed by atoms with Gasteiger partial charge >= 0.3 is 5.97 Å². The summed E-state index contributed by atoms with van der Waals surface area (Å²) in [6, 6.07) is 4.97. The van der Waals surface area contributed by atoms with Crippen LogP contribution in [0.4, 0.5) is 14.6 Å². The van der Waals surface area contributed by atoms with Gasteiger partial charge in [0.1, 0.15) is 10.8 Å². The largest absolute Gasteiger partial charge is 0.478 e. The third-order valence-corrected chi connectivity index (χ3v) is 4.50. The Balaban J connectivity index is 2.15. The minimum Gasteiger partial charge on any atom is -0.478 e. The molecular weight excluding hydrogens is 352 g/mol. The van der Waals surface area contributed by atoms with Crippen LogP contribution in [0, 0.1) is 11.6 Å². The number of benzene rings is 1. The maximum absolute atomic E-state index is 13.5. The molecule has 3 aromatic rings. The van der Waals surface area contributed by atoms with Crippen molar-refractivity contribution in [3.63, 3.8) is 0 Å². The summed E-state index contributed by atoms with van der Waals surface area (Å²) in [4.78, 5) is 22.5. The van der Waals surface area contributed by atoms with Crippen molar-refractivity contribution >= 4 is 29.4 Å². The third-order valence-electron chi connectivity index (χ3n) is 3.53. The van der Waals surface area contributed by atoms with Gasteiger partial charge in [-0.15, -0.1) is 11.3 Å². The predicted octanol–water partition coefficient (Wildman–Crippen LogP) is 3.43. The van der Waals surface area contributed by atoms with Gasteiger partial charge in [-0.25, -0.2) is 18.3 Å². The smallest absolute Gasteiger partial charge is 0.337 e. The molecule has 1 aromatic carbocycles. The van der Waals surface area contributed by atoms with Crippen LogP contribution >= 0.6 is 11.3 Å². The van der Waals surface area contributed by atoms with Gasteiger partial charge in [-0.2, -0.15) is 5.10 Å².